The summed E-state index contributed by atoms with van der Waals surface area (Å²) in [5, 5.41) is 0. The van der Waals surface area contributed by atoms with E-state index in [0.717, 1.165) is 22.3 Å². The van der Waals surface area contributed by atoms with Crippen molar-refractivity contribution >= 4 is 17.9 Å². The number of carbonyl (C=O) groups is 3. The van der Waals surface area contributed by atoms with Gasteiger partial charge in [0.2, 0.25) is 0 Å². The molecule has 6 rings (SSSR count). The number of hydrogen-bond acceptors (Lipinski definition) is 6. The lowest BCUT2D eigenvalue weighted by molar-refractivity contribution is 0.0591. The second-order valence-electron chi connectivity index (χ2n) is 10.6. The first-order chi connectivity index (χ1) is 23.0. The van der Waals surface area contributed by atoms with Crippen molar-refractivity contribution in [2.45, 2.75) is 0 Å². The van der Waals surface area contributed by atoms with Crippen molar-refractivity contribution in [1.29, 1.82) is 0 Å². The minimum absolute atomic E-state index is 0.290. The van der Waals surface area contributed by atoms with Crippen LogP contribution in [0.3, 0.4) is 0 Å². The van der Waals surface area contributed by atoms with Gasteiger partial charge in [0.15, 0.2) is 0 Å². The highest BCUT2D eigenvalue weighted by molar-refractivity contribution is 6.10. The zero-order valence-electron chi connectivity index (χ0n) is 26.1. The summed E-state index contributed by atoms with van der Waals surface area (Å²) in [6.45, 7) is 0. The third-order valence-electron chi connectivity index (χ3n) is 8.02. The lowest BCUT2D eigenvalue weighted by atomic mass is 9.90. The van der Waals surface area contributed by atoms with E-state index in [1.165, 1.54) is 21.3 Å². The fourth-order valence-electron chi connectivity index (χ4n) is 6.00. The molecule has 0 N–H and O–H groups in total. The van der Waals surface area contributed by atoms with Gasteiger partial charge in [-0.25, -0.2) is 14.4 Å². The van der Waals surface area contributed by atoms with Gasteiger partial charge in [-0.15, -0.1) is 0 Å². The minimum Gasteiger partial charge on any atom is -0.465 e. The molecule has 232 valence electrons. The maximum Gasteiger partial charge on any atom is 0.339 e. The van der Waals surface area contributed by atoms with Gasteiger partial charge in [0.05, 0.1) is 55.1 Å². The van der Waals surface area contributed by atoms with E-state index in [1.807, 2.05) is 102 Å². The topological polar surface area (TPSA) is 83.8 Å². The van der Waals surface area contributed by atoms with E-state index in [2.05, 4.69) is 0 Å². The van der Waals surface area contributed by atoms with Crippen molar-refractivity contribution in [3.05, 3.63) is 150 Å². The normalized spacial score (nSPS) is 10.7. The first kappa shape index (κ1) is 30.8. The summed E-state index contributed by atoms with van der Waals surface area (Å²) in [4.78, 5) is 40.1. The minimum atomic E-state index is -0.545. The van der Waals surface area contributed by atoms with Gasteiger partial charge in [0.1, 0.15) is 0 Å². The van der Waals surface area contributed by atoms with E-state index in [9.17, 15) is 14.4 Å². The molecule has 0 bridgehead atoms. The third-order valence-corrected chi connectivity index (χ3v) is 8.02. The molecule has 0 saturated heterocycles. The molecule has 0 amide bonds. The summed E-state index contributed by atoms with van der Waals surface area (Å²) in [6.07, 6.45) is 0. The van der Waals surface area contributed by atoms with Gasteiger partial charge < -0.3 is 18.8 Å². The van der Waals surface area contributed by atoms with Crippen LogP contribution in [0.1, 0.15) is 31.1 Å². The number of methoxy groups -OCH3 is 3. The van der Waals surface area contributed by atoms with Crippen LogP contribution in [-0.4, -0.2) is 43.8 Å². The first-order valence-corrected chi connectivity index (χ1v) is 14.9. The van der Waals surface area contributed by atoms with Gasteiger partial charge in [-0.1, -0.05) is 109 Å². The van der Waals surface area contributed by atoms with Gasteiger partial charge in [-0.3, -0.25) is 0 Å². The Kier molecular flexibility index (Phi) is 8.80. The maximum absolute atomic E-state index is 13.4. The van der Waals surface area contributed by atoms with Crippen LogP contribution < -0.4 is 0 Å². The van der Waals surface area contributed by atoms with Gasteiger partial charge in [0, 0.05) is 22.3 Å². The van der Waals surface area contributed by atoms with E-state index in [0.29, 0.717) is 39.3 Å². The molecule has 7 heteroatoms. The molecule has 0 saturated carbocycles. The van der Waals surface area contributed by atoms with Crippen LogP contribution in [-0.2, 0) is 14.2 Å². The second kappa shape index (κ2) is 13.4. The molecular formula is C40H31NO6. The van der Waals surface area contributed by atoms with Gasteiger partial charge in [-0.2, -0.15) is 0 Å². The van der Waals surface area contributed by atoms with E-state index < -0.39 is 17.9 Å². The van der Waals surface area contributed by atoms with Crippen molar-refractivity contribution in [2.75, 3.05) is 21.3 Å². The third kappa shape index (κ3) is 5.59. The molecule has 0 fully saturated rings. The fraction of sp³-hybridized carbons (Fsp3) is 0.0750. The number of aromatic nitrogens is 1. The van der Waals surface area contributed by atoms with E-state index >= 15 is 0 Å². The van der Waals surface area contributed by atoms with Gasteiger partial charge in [-0.05, 0) is 35.4 Å². The standard InChI is InChI=1S/C40H31NO6/c1-45-38(42)30-22-12-10-20-28(30)36-34(26-16-6-4-7-17-26)35(27-18-8-5-9-19-27)37(29-21-11-13-23-31(29)39(43)46-2)41(36)33-25-15-14-24-32(33)40(44)47-3/h4-25H,1-3H3. The highest BCUT2D eigenvalue weighted by Gasteiger charge is 2.33. The smallest absolute Gasteiger partial charge is 0.339 e. The molecular weight excluding hydrogens is 590 g/mol. The van der Waals surface area contributed by atoms with Gasteiger partial charge in [0.25, 0.3) is 0 Å². The summed E-state index contributed by atoms with van der Waals surface area (Å²) >= 11 is 0. The SMILES string of the molecule is COC(=O)c1ccccc1-c1c(-c2ccccc2)c(-c2ccccc2)c(-c2ccccc2C(=O)OC)n1-c1ccccc1C(=O)OC. The van der Waals surface area contributed by atoms with E-state index in [-0.39, 0.29) is 5.56 Å². The quantitative estimate of drug-likeness (QED) is 0.125. The van der Waals surface area contributed by atoms with E-state index in [1.54, 1.807) is 36.4 Å². The molecule has 0 aliphatic carbocycles. The molecule has 47 heavy (non-hydrogen) atoms. The Morgan fingerprint density at radius 1 is 0.426 bits per heavy atom. The molecule has 5 aromatic carbocycles. The average molecular weight is 622 g/mol. The molecule has 7 nitrogen and oxygen atoms in total. The number of carbonyl (C=O) groups excluding carboxylic acids is 3. The Balaban J connectivity index is 1.95. The largest absolute Gasteiger partial charge is 0.465 e. The summed E-state index contributed by atoms with van der Waals surface area (Å²) in [5.74, 6) is -1.59. The zero-order valence-corrected chi connectivity index (χ0v) is 26.1. The number of rotatable bonds is 8. The predicted molar refractivity (Wildman–Crippen MR) is 182 cm³/mol. The van der Waals surface area contributed by atoms with Crippen molar-refractivity contribution in [1.82, 2.24) is 4.57 Å². The molecule has 0 atom stereocenters. The predicted octanol–water partition coefficient (Wildman–Crippen LogP) is 8.51. The molecule has 0 radical (unpaired) electrons. The van der Waals surface area contributed by atoms with Crippen molar-refractivity contribution in [3.63, 3.8) is 0 Å². The van der Waals surface area contributed by atoms with Crippen LogP contribution in [0.2, 0.25) is 0 Å². The number of ether oxygens (including phenoxy) is 3. The molecule has 0 spiro atoms. The van der Waals surface area contributed by atoms with Crippen LogP contribution in [0.4, 0.5) is 0 Å². The second-order valence-corrected chi connectivity index (χ2v) is 10.6. The zero-order chi connectivity index (χ0) is 32.9. The fourth-order valence-corrected chi connectivity index (χ4v) is 6.00. The summed E-state index contributed by atoms with van der Waals surface area (Å²) in [7, 11) is 4.02. The van der Waals surface area contributed by atoms with Crippen molar-refractivity contribution in [3.8, 4) is 50.5 Å². The summed E-state index contributed by atoms with van der Waals surface area (Å²) in [6, 6.07) is 41.2. The monoisotopic (exact) mass is 621 g/mol. The number of para-hydroxylation sites is 1. The molecule has 0 aliphatic rings. The average Bonchev–Trinajstić information content (AvgIpc) is 3.50. The first-order valence-electron chi connectivity index (χ1n) is 14.9. The van der Waals surface area contributed by atoms with Crippen LogP contribution >= 0.6 is 0 Å². The Labute approximate surface area is 272 Å². The summed E-state index contributed by atoms with van der Waals surface area (Å²) < 4.78 is 17.7. The Morgan fingerprint density at radius 3 is 1.19 bits per heavy atom. The highest BCUT2D eigenvalue weighted by atomic mass is 16.5. The lowest BCUT2D eigenvalue weighted by Crippen LogP contribution is -2.12. The van der Waals surface area contributed by atoms with Crippen molar-refractivity contribution < 1.29 is 28.6 Å². The number of benzene rings is 5. The number of esters is 3. The molecule has 6 aromatic rings. The van der Waals surface area contributed by atoms with Crippen molar-refractivity contribution in [2.24, 2.45) is 0 Å². The lowest BCUT2D eigenvalue weighted by Gasteiger charge is -2.20. The van der Waals surface area contributed by atoms with Crippen LogP contribution in [0, 0.1) is 0 Å². The van der Waals surface area contributed by atoms with Gasteiger partial charge >= 0.3 is 17.9 Å². The molecule has 0 aliphatic heterocycles. The van der Waals surface area contributed by atoms with E-state index in [4.69, 9.17) is 14.2 Å². The van der Waals surface area contributed by atoms with Crippen LogP contribution in [0.15, 0.2) is 133 Å². The highest BCUT2D eigenvalue weighted by Crippen LogP contribution is 2.51. The van der Waals surface area contributed by atoms with Crippen LogP contribution in [0.25, 0.3) is 50.5 Å². The Hall–Kier alpha value is -6.21. The van der Waals surface area contributed by atoms with Crippen LogP contribution in [0.5, 0.6) is 0 Å². The maximum atomic E-state index is 13.4. The molecule has 1 heterocycles. The molecule has 0 unspecified atom stereocenters. The Bertz CT molecular complexity index is 1980. The number of nitrogens with zero attached hydrogens (tertiary/aromatic N) is 1. The molecule has 1 aromatic heterocycles. The number of hydrogen-bond donors (Lipinski definition) is 0. The Morgan fingerprint density at radius 2 is 0.766 bits per heavy atom. The summed E-state index contributed by atoms with van der Waals surface area (Å²) in [5.41, 5.74) is 7.06.